The summed E-state index contributed by atoms with van der Waals surface area (Å²) in [7, 11) is 0. The molecule has 0 atom stereocenters. The summed E-state index contributed by atoms with van der Waals surface area (Å²) in [6.07, 6.45) is 12.1. The van der Waals surface area contributed by atoms with Gasteiger partial charge in [0, 0.05) is 12.8 Å². The number of carbonyl (C=O) groups is 2. The molecule has 0 fully saturated rings. The summed E-state index contributed by atoms with van der Waals surface area (Å²) in [6, 6.07) is 0. The lowest BCUT2D eigenvalue weighted by molar-refractivity contribution is -0.154. The highest BCUT2D eigenvalue weighted by Crippen LogP contribution is 2.14. The summed E-state index contributed by atoms with van der Waals surface area (Å²) in [5.41, 5.74) is -0.375. The van der Waals surface area contributed by atoms with Gasteiger partial charge in [-0.05, 0) is 27.2 Å². The van der Waals surface area contributed by atoms with Gasteiger partial charge < -0.3 is 9.53 Å². The van der Waals surface area contributed by atoms with E-state index in [1.807, 2.05) is 20.8 Å². The molecule has 4 heteroatoms. The van der Waals surface area contributed by atoms with Crippen LogP contribution < -0.4 is 0 Å². The van der Waals surface area contributed by atoms with E-state index in [4.69, 9.17) is 11.3 Å². The number of amides is 1. The number of esters is 1. The number of hydrogen-bond acceptors (Lipinski definition) is 3. The number of carbonyl (C=O) groups excluding carboxylic acids is 2. The van der Waals surface area contributed by atoms with E-state index >= 15 is 0 Å². The second-order valence-electron chi connectivity index (χ2n) is 7.13. The monoisotopic (exact) mass is 323 g/mol. The Morgan fingerprint density at radius 1 is 0.783 bits per heavy atom. The largest absolute Gasteiger partial charge is 0.460 e. The van der Waals surface area contributed by atoms with Gasteiger partial charge in [0.1, 0.15) is 5.60 Å². The number of hydrogen-bond donors (Lipinski definition) is 0. The van der Waals surface area contributed by atoms with Gasteiger partial charge in [-0.25, -0.2) is 0 Å². The van der Waals surface area contributed by atoms with E-state index < -0.39 is 0 Å². The average molecular weight is 323 g/mol. The van der Waals surface area contributed by atoms with Crippen LogP contribution >= 0.6 is 0 Å². The van der Waals surface area contributed by atoms with Crippen LogP contribution in [0, 0.1) is 6.57 Å². The van der Waals surface area contributed by atoms with E-state index in [9.17, 15) is 9.59 Å². The normalized spacial score (nSPS) is 11.0. The van der Waals surface area contributed by atoms with Crippen molar-refractivity contribution in [3.8, 4) is 0 Å². The van der Waals surface area contributed by atoms with Crippen molar-refractivity contribution in [1.82, 2.24) is 0 Å². The first-order valence-corrected chi connectivity index (χ1v) is 8.97. The highest BCUT2D eigenvalue weighted by atomic mass is 16.6. The Labute approximate surface area is 141 Å². The fraction of sp³-hybridized carbons (Fsp3) is 0.842. The van der Waals surface area contributed by atoms with E-state index in [2.05, 4.69) is 4.85 Å². The van der Waals surface area contributed by atoms with Crippen molar-refractivity contribution < 1.29 is 14.3 Å². The summed E-state index contributed by atoms with van der Waals surface area (Å²) >= 11 is 0. The van der Waals surface area contributed by atoms with Crippen molar-refractivity contribution in [2.75, 3.05) is 0 Å². The molecule has 0 saturated carbocycles. The molecule has 0 unspecified atom stereocenters. The predicted molar refractivity (Wildman–Crippen MR) is 92.9 cm³/mol. The van der Waals surface area contributed by atoms with Crippen LogP contribution in [0.4, 0.5) is 0 Å². The molecule has 0 aromatic carbocycles. The third-order valence-electron chi connectivity index (χ3n) is 3.57. The molecule has 132 valence electrons. The van der Waals surface area contributed by atoms with Crippen LogP contribution in [0.3, 0.4) is 0 Å². The van der Waals surface area contributed by atoms with Crippen molar-refractivity contribution in [3.05, 3.63) is 11.4 Å². The SMILES string of the molecule is [C-]#[N+]C(=O)CCCCCCCCCCCCC(=O)OC(C)(C)C. The Kier molecular flexibility index (Phi) is 12.3. The fourth-order valence-corrected chi connectivity index (χ4v) is 2.41. The minimum Gasteiger partial charge on any atom is -0.460 e. The molecule has 0 aliphatic carbocycles. The van der Waals surface area contributed by atoms with Gasteiger partial charge in [0.25, 0.3) is 0 Å². The maximum Gasteiger partial charge on any atom is 0.355 e. The van der Waals surface area contributed by atoms with Crippen LogP contribution in [0.15, 0.2) is 0 Å². The first-order chi connectivity index (χ1) is 10.8. The minimum absolute atomic E-state index is 0.0887. The molecule has 0 saturated heterocycles. The van der Waals surface area contributed by atoms with E-state index in [1.165, 1.54) is 32.1 Å². The first-order valence-electron chi connectivity index (χ1n) is 8.97. The molecule has 0 aliphatic rings. The van der Waals surface area contributed by atoms with E-state index in [0.717, 1.165) is 32.1 Å². The van der Waals surface area contributed by atoms with E-state index in [1.54, 1.807) is 0 Å². The molecular weight excluding hydrogens is 290 g/mol. The van der Waals surface area contributed by atoms with Gasteiger partial charge in [-0.3, -0.25) is 4.79 Å². The highest BCUT2D eigenvalue weighted by Gasteiger charge is 2.15. The van der Waals surface area contributed by atoms with Gasteiger partial charge in [-0.2, -0.15) is 4.85 Å². The average Bonchev–Trinajstić information content (AvgIpc) is 2.46. The third-order valence-corrected chi connectivity index (χ3v) is 3.57. The predicted octanol–water partition coefficient (Wildman–Crippen LogP) is 5.46. The molecule has 0 N–H and O–H groups in total. The van der Waals surface area contributed by atoms with Gasteiger partial charge in [0.15, 0.2) is 0 Å². The van der Waals surface area contributed by atoms with Crippen molar-refractivity contribution in [2.45, 2.75) is 103 Å². The Bertz CT molecular complexity index is 377. The summed E-state index contributed by atoms with van der Waals surface area (Å²) in [6.45, 7) is 12.2. The van der Waals surface area contributed by atoms with Crippen LogP contribution in [-0.4, -0.2) is 17.5 Å². The standard InChI is InChI=1S/C19H33NO3/c1-19(2,3)23-18(22)16-14-12-10-8-6-5-7-9-11-13-15-17(21)20-4/h5-16H2,1-3H3. The van der Waals surface area contributed by atoms with Crippen molar-refractivity contribution >= 4 is 11.9 Å². The van der Waals surface area contributed by atoms with Crippen molar-refractivity contribution in [3.63, 3.8) is 0 Å². The highest BCUT2D eigenvalue weighted by molar-refractivity contribution is 5.85. The Morgan fingerprint density at radius 2 is 1.17 bits per heavy atom. The van der Waals surface area contributed by atoms with Gasteiger partial charge in [0.05, 0.1) is 6.57 Å². The zero-order valence-corrected chi connectivity index (χ0v) is 15.2. The van der Waals surface area contributed by atoms with Crippen LogP contribution in [0.25, 0.3) is 4.85 Å². The molecule has 0 aliphatic heterocycles. The van der Waals surface area contributed by atoms with E-state index in [-0.39, 0.29) is 17.5 Å². The van der Waals surface area contributed by atoms with Crippen LogP contribution in [-0.2, 0) is 14.3 Å². The van der Waals surface area contributed by atoms with Gasteiger partial charge in [-0.1, -0.05) is 57.8 Å². The Balaban J connectivity index is 3.24. The lowest BCUT2D eigenvalue weighted by atomic mass is 10.1. The molecule has 0 rings (SSSR count). The van der Waals surface area contributed by atoms with Crippen LogP contribution in [0.5, 0.6) is 0 Å². The smallest absolute Gasteiger partial charge is 0.355 e. The fourth-order valence-electron chi connectivity index (χ4n) is 2.41. The van der Waals surface area contributed by atoms with Crippen molar-refractivity contribution in [2.24, 2.45) is 0 Å². The van der Waals surface area contributed by atoms with Crippen LogP contribution in [0.1, 0.15) is 97.8 Å². The molecule has 0 aromatic heterocycles. The molecule has 0 aromatic rings. The number of unbranched alkanes of at least 4 members (excludes halogenated alkanes) is 9. The van der Waals surface area contributed by atoms with Gasteiger partial charge in [0.2, 0.25) is 0 Å². The first kappa shape index (κ1) is 21.6. The van der Waals surface area contributed by atoms with Crippen molar-refractivity contribution in [1.29, 1.82) is 0 Å². The summed E-state index contributed by atoms with van der Waals surface area (Å²) < 4.78 is 5.28. The Hall–Kier alpha value is -1.37. The zero-order chi connectivity index (χ0) is 17.6. The number of rotatable bonds is 13. The van der Waals surface area contributed by atoms with E-state index in [0.29, 0.717) is 12.8 Å². The molecule has 0 heterocycles. The second kappa shape index (κ2) is 13.1. The maximum atomic E-state index is 11.5. The molecule has 23 heavy (non-hydrogen) atoms. The van der Waals surface area contributed by atoms with Gasteiger partial charge >= 0.3 is 11.9 Å². The number of nitrogens with zero attached hydrogens (tertiary/aromatic N) is 1. The van der Waals surface area contributed by atoms with Crippen LogP contribution in [0.2, 0.25) is 0 Å². The summed E-state index contributed by atoms with van der Waals surface area (Å²) in [5, 5.41) is 0. The van der Waals surface area contributed by atoms with Gasteiger partial charge in [-0.15, -0.1) is 0 Å². The molecule has 0 spiro atoms. The lowest BCUT2D eigenvalue weighted by Crippen LogP contribution is -2.23. The topological polar surface area (TPSA) is 47.7 Å². The Morgan fingerprint density at radius 3 is 1.57 bits per heavy atom. The summed E-state index contributed by atoms with van der Waals surface area (Å²) in [5.74, 6) is -0.398. The molecular formula is C19H33NO3. The quantitative estimate of drug-likeness (QED) is 0.257. The molecule has 4 nitrogen and oxygen atoms in total. The molecule has 0 radical (unpaired) electrons. The molecule has 1 amide bonds. The molecule has 0 bridgehead atoms. The minimum atomic E-state index is -0.375. The lowest BCUT2D eigenvalue weighted by Gasteiger charge is -2.19. The third kappa shape index (κ3) is 16.8. The number of ether oxygens (including phenoxy) is 1. The summed E-state index contributed by atoms with van der Waals surface area (Å²) in [4.78, 5) is 25.2. The zero-order valence-electron chi connectivity index (χ0n) is 15.2. The second-order valence-corrected chi connectivity index (χ2v) is 7.13. The maximum absolute atomic E-state index is 11.5.